The number of nitrogens with two attached hydrogens (primary N) is 1. The summed E-state index contributed by atoms with van der Waals surface area (Å²) >= 11 is 0. The van der Waals surface area contributed by atoms with Gasteiger partial charge in [0.1, 0.15) is 0 Å². The van der Waals surface area contributed by atoms with Gasteiger partial charge in [0, 0.05) is 38.9 Å². The fourth-order valence-corrected chi connectivity index (χ4v) is 4.17. The lowest BCUT2D eigenvalue weighted by atomic mass is 9.83. The number of hydrogen-bond acceptors (Lipinski definition) is 7. The molecular formula is C29H45N3O5. The number of ether oxygens (including phenoxy) is 3. The van der Waals surface area contributed by atoms with Gasteiger partial charge in [-0.15, -0.1) is 0 Å². The van der Waals surface area contributed by atoms with Crippen LogP contribution in [-0.2, 0) is 21.4 Å². The molecule has 1 amide bonds. The van der Waals surface area contributed by atoms with Crippen molar-refractivity contribution in [2.24, 2.45) is 17.6 Å². The highest BCUT2D eigenvalue weighted by atomic mass is 16.5. The van der Waals surface area contributed by atoms with Crippen LogP contribution in [0.2, 0.25) is 0 Å². The average Bonchev–Trinajstić information content (AvgIpc) is 2.89. The number of rotatable bonds is 16. The van der Waals surface area contributed by atoms with Crippen LogP contribution in [0.5, 0.6) is 11.5 Å². The number of aromatic nitrogens is 1. The Hall–Kier alpha value is -2.68. The Balaban J connectivity index is 1.97. The van der Waals surface area contributed by atoms with Crippen LogP contribution in [0.3, 0.4) is 0 Å². The average molecular weight is 516 g/mol. The molecule has 8 nitrogen and oxygen atoms in total. The van der Waals surface area contributed by atoms with E-state index in [0.717, 1.165) is 18.4 Å². The Morgan fingerprint density at radius 3 is 2.51 bits per heavy atom. The molecule has 3 atom stereocenters. The molecule has 0 saturated carbocycles. The van der Waals surface area contributed by atoms with Gasteiger partial charge in [-0.2, -0.15) is 0 Å². The maximum absolute atomic E-state index is 12.8. The van der Waals surface area contributed by atoms with E-state index in [1.54, 1.807) is 20.4 Å². The van der Waals surface area contributed by atoms with Gasteiger partial charge < -0.3 is 30.4 Å². The van der Waals surface area contributed by atoms with Crippen molar-refractivity contribution in [3.8, 4) is 11.5 Å². The van der Waals surface area contributed by atoms with Gasteiger partial charge in [0.05, 0.1) is 30.9 Å². The van der Waals surface area contributed by atoms with E-state index in [2.05, 4.69) is 24.1 Å². The lowest BCUT2D eigenvalue weighted by molar-refractivity contribution is -0.126. The van der Waals surface area contributed by atoms with Gasteiger partial charge in [-0.3, -0.25) is 9.78 Å². The van der Waals surface area contributed by atoms with Gasteiger partial charge in [-0.05, 0) is 68.4 Å². The molecule has 4 N–H and O–H groups in total. The molecule has 0 bridgehead atoms. The molecule has 2 rings (SSSR count). The highest BCUT2D eigenvalue weighted by molar-refractivity contribution is 5.86. The zero-order chi connectivity index (χ0) is 27.4. The third-order valence-electron chi connectivity index (χ3n) is 6.83. The van der Waals surface area contributed by atoms with Crippen LogP contribution < -0.4 is 20.5 Å². The summed E-state index contributed by atoms with van der Waals surface area (Å²) in [5.74, 6) is 1.79. The second-order valence-corrected chi connectivity index (χ2v) is 10.4. The molecule has 0 aliphatic carbocycles. The summed E-state index contributed by atoms with van der Waals surface area (Å²) in [6.07, 6.45) is 3.01. The van der Waals surface area contributed by atoms with Gasteiger partial charge >= 0.3 is 0 Å². The fourth-order valence-electron chi connectivity index (χ4n) is 4.17. The molecule has 1 aromatic carbocycles. The van der Waals surface area contributed by atoms with E-state index < -0.39 is 17.6 Å². The normalized spacial score (nSPS) is 14.2. The minimum Gasteiger partial charge on any atom is -0.493 e. The lowest BCUT2D eigenvalue weighted by Gasteiger charge is -2.29. The van der Waals surface area contributed by atoms with E-state index in [1.807, 2.05) is 50.2 Å². The number of aliphatic hydroxyl groups is 1. The first-order valence-corrected chi connectivity index (χ1v) is 13.0. The van der Waals surface area contributed by atoms with E-state index >= 15 is 0 Å². The van der Waals surface area contributed by atoms with Gasteiger partial charge in [0.2, 0.25) is 5.91 Å². The SMILES string of the molecule is COCCCOc1cc(CC(CC(N)C(O)CNC(=O)C(C)(C)c2ccccn2)C(C)C)ccc1OC. The van der Waals surface area contributed by atoms with Crippen LogP contribution in [0.1, 0.15) is 51.8 Å². The first-order chi connectivity index (χ1) is 17.6. The predicted molar refractivity (Wildman–Crippen MR) is 146 cm³/mol. The van der Waals surface area contributed by atoms with Crippen molar-refractivity contribution >= 4 is 5.91 Å². The molecular weight excluding hydrogens is 470 g/mol. The Kier molecular flexibility index (Phi) is 12.3. The number of nitrogens with zero attached hydrogens (tertiary/aromatic N) is 1. The Bertz CT molecular complexity index is 952. The minimum absolute atomic E-state index is 0.0864. The summed E-state index contributed by atoms with van der Waals surface area (Å²) < 4.78 is 16.5. The molecule has 3 unspecified atom stereocenters. The van der Waals surface area contributed by atoms with Crippen LogP contribution in [0, 0.1) is 11.8 Å². The van der Waals surface area contributed by atoms with Crippen molar-refractivity contribution in [1.29, 1.82) is 0 Å². The van der Waals surface area contributed by atoms with Crippen molar-refractivity contribution in [1.82, 2.24) is 10.3 Å². The first kappa shape index (κ1) is 30.5. The zero-order valence-corrected chi connectivity index (χ0v) is 23.2. The predicted octanol–water partition coefficient (Wildman–Crippen LogP) is 3.49. The molecule has 37 heavy (non-hydrogen) atoms. The molecule has 8 heteroatoms. The van der Waals surface area contributed by atoms with E-state index in [0.29, 0.717) is 42.7 Å². The van der Waals surface area contributed by atoms with Crippen LogP contribution in [0.25, 0.3) is 0 Å². The smallest absolute Gasteiger partial charge is 0.231 e. The molecule has 206 valence electrons. The number of pyridine rings is 1. The van der Waals surface area contributed by atoms with Crippen LogP contribution in [0.15, 0.2) is 42.6 Å². The summed E-state index contributed by atoms with van der Waals surface area (Å²) in [4.78, 5) is 17.1. The molecule has 1 aromatic heterocycles. The fraction of sp³-hybridized carbons (Fsp3) is 0.586. The number of hydrogen-bond donors (Lipinski definition) is 3. The highest BCUT2D eigenvalue weighted by Gasteiger charge is 2.32. The van der Waals surface area contributed by atoms with Gasteiger partial charge in [0.25, 0.3) is 0 Å². The highest BCUT2D eigenvalue weighted by Crippen LogP contribution is 2.31. The molecule has 0 aliphatic heterocycles. The van der Waals surface area contributed by atoms with Crippen LogP contribution in [-0.4, -0.2) is 62.1 Å². The standard InChI is InChI=1S/C29H45N3O5/c1-20(2)22(16-21-11-12-25(36-6)26(17-21)37-15-9-14-35-5)18-23(30)24(33)19-32-28(34)29(3,4)27-10-7-8-13-31-27/h7-8,10-13,17,20,22-24,33H,9,14-16,18-19,30H2,1-6H3,(H,32,34). The van der Waals surface area contributed by atoms with Crippen molar-refractivity contribution in [2.75, 3.05) is 34.0 Å². The third-order valence-corrected chi connectivity index (χ3v) is 6.83. The van der Waals surface area contributed by atoms with E-state index in [-0.39, 0.29) is 18.4 Å². The van der Waals surface area contributed by atoms with Crippen LogP contribution in [0.4, 0.5) is 0 Å². The first-order valence-electron chi connectivity index (χ1n) is 13.0. The Labute approximate surface area is 221 Å². The number of benzene rings is 1. The van der Waals surface area contributed by atoms with Crippen molar-refractivity contribution in [2.45, 2.75) is 64.5 Å². The van der Waals surface area contributed by atoms with Gasteiger partial charge in [0.15, 0.2) is 11.5 Å². The molecule has 2 aromatic rings. The number of amides is 1. The van der Waals surface area contributed by atoms with Gasteiger partial charge in [-0.1, -0.05) is 26.0 Å². The number of carbonyl (C=O) groups excluding carboxylic acids is 1. The molecule has 0 spiro atoms. The zero-order valence-electron chi connectivity index (χ0n) is 23.2. The van der Waals surface area contributed by atoms with Crippen LogP contribution >= 0.6 is 0 Å². The maximum Gasteiger partial charge on any atom is 0.231 e. The second-order valence-electron chi connectivity index (χ2n) is 10.4. The summed E-state index contributed by atoms with van der Waals surface area (Å²) in [6, 6.07) is 11.0. The third kappa shape index (κ3) is 9.29. The number of carbonyl (C=O) groups is 1. The maximum atomic E-state index is 12.8. The second kappa shape index (κ2) is 14.9. The summed E-state index contributed by atoms with van der Waals surface area (Å²) in [5, 5.41) is 13.6. The van der Waals surface area contributed by atoms with E-state index in [1.165, 1.54) is 0 Å². The minimum atomic E-state index is -0.861. The monoisotopic (exact) mass is 515 g/mol. The van der Waals surface area contributed by atoms with Gasteiger partial charge in [-0.25, -0.2) is 0 Å². The molecule has 0 fully saturated rings. The largest absolute Gasteiger partial charge is 0.493 e. The quantitative estimate of drug-likeness (QED) is 0.293. The molecule has 1 heterocycles. The summed E-state index contributed by atoms with van der Waals surface area (Å²) in [6.45, 7) is 9.22. The number of nitrogens with one attached hydrogen (secondary N) is 1. The van der Waals surface area contributed by atoms with Crippen molar-refractivity contribution in [3.05, 3.63) is 53.9 Å². The topological polar surface area (TPSA) is 116 Å². The molecule has 0 saturated heterocycles. The van der Waals surface area contributed by atoms with E-state index in [4.69, 9.17) is 19.9 Å². The number of methoxy groups -OCH3 is 2. The Morgan fingerprint density at radius 1 is 1.14 bits per heavy atom. The van der Waals surface area contributed by atoms with E-state index in [9.17, 15) is 9.90 Å². The Morgan fingerprint density at radius 2 is 1.89 bits per heavy atom. The van der Waals surface area contributed by atoms with Crippen molar-refractivity contribution < 1.29 is 24.1 Å². The van der Waals surface area contributed by atoms with Crippen molar-refractivity contribution in [3.63, 3.8) is 0 Å². The summed E-state index contributed by atoms with van der Waals surface area (Å²) in [5.41, 5.74) is 7.39. The number of aliphatic hydroxyl groups excluding tert-OH is 1. The lowest BCUT2D eigenvalue weighted by Crippen LogP contribution is -2.48. The molecule has 0 aliphatic rings. The molecule has 0 radical (unpaired) electrons. The summed E-state index contributed by atoms with van der Waals surface area (Å²) in [7, 11) is 3.30.